The highest BCUT2D eigenvalue weighted by Crippen LogP contribution is 2.45. The number of benzene rings is 1. The maximum Gasteiger partial charge on any atom is 0.233 e. The molecule has 0 atom stereocenters. The molecule has 1 aromatic carbocycles. The molecule has 0 unspecified atom stereocenters. The lowest BCUT2D eigenvalue weighted by atomic mass is 10.1. The van der Waals surface area contributed by atoms with Crippen molar-refractivity contribution in [3.05, 3.63) is 36.0 Å². The normalized spacial score (nSPS) is 14.1. The van der Waals surface area contributed by atoms with Crippen molar-refractivity contribution in [2.24, 2.45) is 0 Å². The van der Waals surface area contributed by atoms with E-state index in [9.17, 15) is 0 Å². The Morgan fingerprint density at radius 1 is 1.35 bits per heavy atom. The maximum absolute atomic E-state index is 6.05. The number of nitrogens with zero attached hydrogens (tertiary/aromatic N) is 2. The summed E-state index contributed by atoms with van der Waals surface area (Å²) in [4.78, 5) is 12.3. The van der Waals surface area contributed by atoms with E-state index in [1.165, 1.54) is 18.4 Å². The van der Waals surface area contributed by atoms with Crippen molar-refractivity contribution >= 4 is 22.7 Å². The number of aromatic nitrogens is 3. The van der Waals surface area contributed by atoms with Crippen LogP contribution in [0.3, 0.4) is 0 Å². The van der Waals surface area contributed by atoms with Gasteiger partial charge in [0.1, 0.15) is 11.4 Å². The van der Waals surface area contributed by atoms with Crippen LogP contribution in [-0.2, 0) is 0 Å². The summed E-state index contributed by atoms with van der Waals surface area (Å²) in [6.45, 7) is 2.76. The Balaban J connectivity index is 1.82. The zero-order valence-corrected chi connectivity index (χ0v) is 13.0. The molecule has 6 nitrogen and oxygen atoms in total. The van der Waals surface area contributed by atoms with Crippen molar-refractivity contribution in [3.8, 4) is 11.6 Å². The van der Waals surface area contributed by atoms with Gasteiger partial charge in [-0.1, -0.05) is 6.07 Å². The van der Waals surface area contributed by atoms with Gasteiger partial charge in [-0.15, -0.1) is 0 Å². The van der Waals surface area contributed by atoms with Gasteiger partial charge >= 0.3 is 0 Å². The van der Waals surface area contributed by atoms with Crippen LogP contribution in [0.4, 0.5) is 11.6 Å². The SMILES string of the molecule is CCNc1nc(Oc2cccc(N)c2)c2c(C3CC3)c[nH]c2n1. The molecule has 0 aliphatic heterocycles. The molecular formula is C17H19N5O. The van der Waals surface area contributed by atoms with Crippen LogP contribution in [-0.4, -0.2) is 21.5 Å². The average molecular weight is 309 g/mol. The molecule has 1 aliphatic rings. The first-order chi connectivity index (χ1) is 11.2. The minimum absolute atomic E-state index is 0.558. The Bertz CT molecular complexity index is 853. The molecule has 3 aromatic rings. The van der Waals surface area contributed by atoms with Gasteiger partial charge in [-0.05, 0) is 43.4 Å². The first kappa shape index (κ1) is 13.9. The highest BCUT2D eigenvalue weighted by atomic mass is 16.5. The molecule has 1 fully saturated rings. The molecule has 23 heavy (non-hydrogen) atoms. The molecule has 0 saturated heterocycles. The first-order valence-electron chi connectivity index (χ1n) is 7.91. The lowest BCUT2D eigenvalue weighted by molar-refractivity contribution is 0.469. The minimum Gasteiger partial charge on any atom is -0.438 e. The summed E-state index contributed by atoms with van der Waals surface area (Å²) in [5.41, 5.74) is 8.54. The number of hydrogen-bond acceptors (Lipinski definition) is 5. The van der Waals surface area contributed by atoms with Crippen molar-refractivity contribution in [1.29, 1.82) is 0 Å². The molecule has 1 aliphatic carbocycles. The van der Waals surface area contributed by atoms with E-state index < -0.39 is 0 Å². The van der Waals surface area contributed by atoms with Gasteiger partial charge in [-0.3, -0.25) is 0 Å². The van der Waals surface area contributed by atoms with Crippen LogP contribution < -0.4 is 15.8 Å². The van der Waals surface area contributed by atoms with E-state index in [0.717, 1.165) is 17.6 Å². The molecule has 6 heteroatoms. The minimum atomic E-state index is 0.558. The molecule has 0 amide bonds. The second-order valence-electron chi connectivity index (χ2n) is 5.80. The van der Waals surface area contributed by atoms with E-state index in [1.54, 1.807) is 6.07 Å². The van der Waals surface area contributed by atoms with Crippen molar-refractivity contribution in [2.45, 2.75) is 25.7 Å². The summed E-state index contributed by atoms with van der Waals surface area (Å²) >= 11 is 0. The predicted molar refractivity (Wildman–Crippen MR) is 91.0 cm³/mol. The van der Waals surface area contributed by atoms with E-state index in [0.29, 0.717) is 29.2 Å². The molecule has 0 bridgehead atoms. The van der Waals surface area contributed by atoms with Crippen LogP contribution in [0.2, 0.25) is 0 Å². The second-order valence-corrected chi connectivity index (χ2v) is 5.80. The van der Waals surface area contributed by atoms with Gasteiger partial charge in [0.25, 0.3) is 0 Å². The molecule has 0 radical (unpaired) electrons. The number of nitrogens with two attached hydrogens (primary N) is 1. The van der Waals surface area contributed by atoms with Gasteiger partial charge in [-0.2, -0.15) is 9.97 Å². The number of anilines is 2. The first-order valence-corrected chi connectivity index (χ1v) is 7.91. The molecular weight excluding hydrogens is 290 g/mol. The smallest absolute Gasteiger partial charge is 0.233 e. The number of nitrogens with one attached hydrogen (secondary N) is 2. The van der Waals surface area contributed by atoms with Crippen LogP contribution in [0, 0.1) is 0 Å². The Morgan fingerprint density at radius 3 is 2.96 bits per heavy atom. The van der Waals surface area contributed by atoms with Crippen molar-refractivity contribution in [2.75, 3.05) is 17.6 Å². The zero-order chi connectivity index (χ0) is 15.8. The summed E-state index contributed by atoms with van der Waals surface area (Å²) in [6.07, 6.45) is 4.44. The summed E-state index contributed by atoms with van der Waals surface area (Å²) in [6, 6.07) is 7.37. The third kappa shape index (κ3) is 2.67. The lowest BCUT2D eigenvalue weighted by Crippen LogP contribution is -2.03. The van der Waals surface area contributed by atoms with E-state index in [-0.39, 0.29) is 0 Å². The topological polar surface area (TPSA) is 88.9 Å². The van der Waals surface area contributed by atoms with Crippen LogP contribution in [0.25, 0.3) is 11.0 Å². The Labute approximate surface area is 134 Å². The number of hydrogen-bond donors (Lipinski definition) is 3. The van der Waals surface area contributed by atoms with Gasteiger partial charge in [0.2, 0.25) is 11.8 Å². The van der Waals surface area contributed by atoms with E-state index in [1.807, 2.05) is 31.3 Å². The third-order valence-electron chi connectivity index (χ3n) is 3.95. The highest BCUT2D eigenvalue weighted by molar-refractivity contribution is 5.87. The standard InChI is InChI=1S/C17H19N5O/c1-2-19-17-21-15-14(13(9-20-15)10-6-7-10)16(22-17)23-12-5-3-4-11(18)8-12/h3-5,8-10H,2,6-7,18H2,1H3,(H2,19,20,21,22). The van der Waals surface area contributed by atoms with Crippen molar-refractivity contribution in [3.63, 3.8) is 0 Å². The number of fused-ring (bicyclic) bond motifs is 1. The molecule has 1 saturated carbocycles. The molecule has 0 spiro atoms. The lowest BCUT2D eigenvalue weighted by Gasteiger charge is -2.10. The third-order valence-corrected chi connectivity index (χ3v) is 3.95. The van der Waals surface area contributed by atoms with E-state index in [2.05, 4.69) is 20.3 Å². The highest BCUT2D eigenvalue weighted by Gasteiger charge is 2.29. The largest absolute Gasteiger partial charge is 0.438 e. The van der Waals surface area contributed by atoms with Crippen LogP contribution in [0.15, 0.2) is 30.5 Å². The number of nitrogen functional groups attached to an aromatic ring is 1. The van der Waals surface area contributed by atoms with Crippen molar-refractivity contribution in [1.82, 2.24) is 15.0 Å². The Morgan fingerprint density at radius 2 is 2.22 bits per heavy atom. The molecule has 4 rings (SSSR count). The number of ether oxygens (including phenoxy) is 1. The molecule has 2 heterocycles. The average Bonchev–Trinajstić information content (AvgIpc) is 3.28. The Kier molecular flexibility index (Phi) is 3.29. The number of H-pyrrole nitrogens is 1. The van der Waals surface area contributed by atoms with E-state index in [4.69, 9.17) is 10.5 Å². The predicted octanol–water partition coefficient (Wildman–Crippen LogP) is 3.64. The summed E-state index contributed by atoms with van der Waals surface area (Å²) in [5.74, 6) is 2.39. The monoisotopic (exact) mass is 309 g/mol. The molecule has 2 aromatic heterocycles. The van der Waals surface area contributed by atoms with Gasteiger partial charge in [-0.25, -0.2) is 0 Å². The summed E-state index contributed by atoms with van der Waals surface area (Å²) < 4.78 is 6.05. The second kappa shape index (κ2) is 5.46. The van der Waals surface area contributed by atoms with E-state index >= 15 is 0 Å². The Hall–Kier alpha value is -2.76. The van der Waals surface area contributed by atoms with Crippen LogP contribution >= 0.6 is 0 Å². The van der Waals surface area contributed by atoms with Gasteiger partial charge < -0.3 is 20.8 Å². The molecule has 118 valence electrons. The fraction of sp³-hybridized carbons (Fsp3) is 0.294. The number of rotatable bonds is 5. The summed E-state index contributed by atoms with van der Waals surface area (Å²) in [5, 5.41) is 4.11. The quantitative estimate of drug-likeness (QED) is 0.626. The van der Waals surface area contributed by atoms with Crippen LogP contribution in [0.5, 0.6) is 11.6 Å². The zero-order valence-electron chi connectivity index (χ0n) is 13.0. The van der Waals surface area contributed by atoms with Gasteiger partial charge in [0.15, 0.2) is 0 Å². The van der Waals surface area contributed by atoms with Crippen molar-refractivity contribution < 1.29 is 4.74 Å². The van der Waals surface area contributed by atoms with Gasteiger partial charge in [0, 0.05) is 24.5 Å². The van der Waals surface area contributed by atoms with Crippen LogP contribution in [0.1, 0.15) is 31.2 Å². The van der Waals surface area contributed by atoms with Gasteiger partial charge in [0.05, 0.1) is 5.39 Å². The number of aromatic amines is 1. The molecule has 4 N–H and O–H groups in total. The fourth-order valence-electron chi connectivity index (χ4n) is 2.74. The maximum atomic E-state index is 6.05. The summed E-state index contributed by atoms with van der Waals surface area (Å²) in [7, 11) is 0. The fourth-order valence-corrected chi connectivity index (χ4v) is 2.74.